The number of ether oxygens (including phenoxy) is 1. The van der Waals surface area contributed by atoms with Crippen LogP contribution in [0.25, 0.3) is 0 Å². The summed E-state index contributed by atoms with van der Waals surface area (Å²) in [5.74, 6) is 0.955. The van der Waals surface area contributed by atoms with E-state index >= 15 is 0 Å². The Hall–Kier alpha value is -1.87. The summed E-state index contributed by atoms with van der Waals surface area (Å²) < 4.78 is 5.62. The number of pyridine rings is 1. The Morgan fingerprint density at radius 3 is 2.79 bits per heavy atom. The third kappa shape index (κ3) is 3.80. The first-order valence-corrected chi connectivity index (χ1v) is 6.65. The van der Waals surface area contributed by atoms with Gasteiger partial charge in [0.15, 0.2) is 0 Å². The summed E-state index contributed by atoms with van der Waals surface area (Å²) in [6.45, 7) is 5.62. The zero-order valence-corrected chi connectivity index (χ0v) is 11.5. The zero-order chi connectivity index (χ0) is 13.5. The van der Waals surface area contributed by atoms with E-state index in [1.54, 1.807) is 6.20 Å². The Morgan fingerprint density at radius 2 is 2.05 bits per heavy atom. The summed E-state index contributed by atoms with van der Waals surface area (Å²) >= 11 is 0. The number of nitrogens with one attached hydrogen (secondary N) is 1. The van der Waals surface area contributed by atoms with Crippen LogP contribution in [0.4, 0.5) is 0 Å². The molecule has 0 aliphatic heterocycles. The second-order valence-electron chi connectivity index (χ2n) is 4.43. The standard InChI is InChI=1S/C16H20N2O/c1-3-19-16-9-5-4-7-15(16)12-18-13(2)14-8-6-10-17-11-14/h4-11,13,18H,3,12H2,1-2H3/t13-/m0/s1. The summed E-state index contributed by atoms with van der Waals surface area (Å²) in [5, 5.41) is 3.49. The summed E-state index contributed by atoms with van der Waals surface area (Å²) in [4.78, 5) is 4.14. The molecular formula is C16H20N2O. The highest BCUT2D eigenvalue weighted by Crippen LogP contribution is 2.19. The van der Waals surface area contributed by atoms with Crippen LogP contribution in [0.15, 0.2) is 48.8 Å². The van der Waals surface area contributed by atoms with Crippen LogP contribution in [0, 0.1) is 0 Å². The van der Waals surface area contributed by atoms with E-state index in [9.17, 15) is 0 Å². The summed E-state index contributed by atoms with van der Waals surface area (Å²) in [5.41, 5.74) is 2.37. The van der Waals surface area contributed by atoms with Crippen LogP contribution in [0.3, 0.4) is 0 Å². The molecule has 0 unspecified atom stereocenters. The van der Waals surface area contributed by atoms with Gasteiger partial charge in [-0.3, -0.25) is 4.98 Å². The predicted molar refractivity (Wildman–Crippen MR) is 77.1 cm³/mol. The van der Waals surface area contributed by atoms with Crippen LogP contribution < -0.4 is 10.1 Å². The van der Waals surface area contributed by atoms with Crippen LogP contribution >= 0.6 is 0 Å². The van der Waals surface area contributed by atoms with Gasteiger partial charge in [-0.15, -0.1) is 0 Å². The summed E-state index contributed by atoms with van der Waals surface area (Å²) in [6, 6.07) is 12.4. The lowest BCUT2D eigenvalue weighted by molar-refractivity contribution is 0.335. The highest BCUT2D eigenvalue weighted by molar-refractivity contribution is 5.33. The fourth-order valence-electron chi connectivity index (χ4n) is 1.96. The van der Waals surface area contributed by atoms with Crippen molar-refractivity contribution in [1.29, 1.82) is 0 Å². The van der Waals surface area contributed by atoms with E-state index in [-0.39, 0.29) is 6.04 Å². The molecule has 0 saturated heterocycles. The minimum absolute atomic E-state index is 0.267. The normalized spacial score (nSPS) is 12.1. The monoisotopic (exact) mass is 256 g/mol. The topological polar surface area (TPSA) is 34.1 Å². The lowest BCUT2D eigenvalue weighted by Crippen LogP contribution is -2.18. The molecule has 0 aliphatic carbocycles. The van der Waals surface area contributed by atoms with Gasteiger partial charge in [0.05, 0.1) is 6.61 Å². The maximum Gasteiger partial charge on any atom is 0.123 e. The smallest absolute Gasteiger partial charge is 0.123 e. The first-order chi connectivity index (χ1) is 9.31. The van der Waals surface area contributed by atoms with Gasteiger partial charge < -0.3 is 10.1 Å². The molecule has 0 bridgehead atoms. The van der Waals surface area contributed by atoms with Crippen LogP contribution in [0.1, 0.15) is 31.0 Å². The van der Waals surface area contributed by atoms with Crippen molar-refractivity contribution >= 4 is 0 Å². The number of aromatic nitrogens is 1. The molecule has 1 aromatic carbocycles. The Balaban J connectivity index is 1.99. The molecule has 0 fully saturated rings. The van der Waals surface area contributed by atoms with E-state index in [1.165, 1.54) is 11.1 Å². The molecule has 0 radical (unpaired) electrons. The van der Waals surface area contributed by atoms with Crippen molar-refractivity contribution < 1.29 is 4.74 Å². The molecule has 1 heterocycles. The number of hydrogen-bond donors (Lipinski definition) is 1. The fourth-order valence-corrected chi connectivity index (χ4v) is 1.96. The number of rotatable bonds is 6. The third-order valence-corrected chi connectivity index (χ3v) is 3.06. The van der Waals surface area contributed by atoms with Crippen molar-refractivity contribution in [2.24, 2.45) is 0 Å². The number of nitrogens with zero attached hydrogens (tertiary/aromatic N) is 1. The highest BCUT2D eigenvalue weighted by Gasteiger charge is 2.07. The molecular weight excluding hydrogens is 236 g/mol. The van der Waals surface area contributed by atoms with Crippen molar-refractivity contribution in [3.05, 3.63) is 59.9 Å². The van der Waals surface area contributed by atoms with Gasteiger partial charge in [-0.05, 0) is 31.5 Å². The molecule has 3 nitrogen and oxygen atoms in total. The van der Waals surface area contributed by atoms with Gasteiger partial charge in [-0.25, -0.2) is 0 Å². The van der Waals surface area contributed by atoms with Gasteiger partial charge in [-0.1, -0.05) is 24.3 Å². The van der Waals surface area contributed by atoms with Crippen LogP contribution in [0.5, 0.6) is 5.75 Å². The van der Waals surface area contributed by atoms with E-state index in [0.717, 1.165) is 12.3 Å². The van der Waals surface area contributed by atoms with E-state index < -0.39 is 0 Å². The molecule has 100 valence electrons. The van der Waals surface area contributed by atoms with Crippen molar-refractivity contribution in [3.63, 3.8) is 0 Å². The molecule has 0 amide bonds. The molecule has 1 atom stereocenters. The van der Waals surface area contributed by atoms with Gasteiger partial charge in [-0.2, -0.15) is 0 Å². The first kappa shape index (κ1) is 13.6. The van der Waals surface area contributed by atoms with Crippen molar-refractivity contribution in [2.45, 2.75) is 26.4 Å². The van der Waals surface area contributed by atoms with Gasteiger partial charge in [0.1, 0.15) is 5.75 Å². The Morgan fingerprint density at radius 1 is 1.21 bits per heavy atom. The van der Waals surface area contributed by atoms with Gasteiger partial charge >= 0.3 is 0 Å². The lowest BCUT2D eigenvalue weighted by Gasteiger charge is -2.15. The highest BCUT2D eigenvalue weighted by atomic mass is 16.5. The van der Waals surface area contributed by atoms with Crippen LogP contribution in [-0.2, 0) is 6.54 Å². The second kappa shape index (κ2) is 6.90. The van der Waals surface area contributed by atoms with Crippen molar-refractivity contribution in [3.8, 4) is 5.75 Å². The summed E-state index contributed by atoms with van der Waals surface area (Å²) in [6.07, 6.45) is 3.69. The van der Waals surface area contributed by atoms with E-state index in [1.807, 2.05) is 37.4 Å². The average Bonchev–Trinajstić information content (AvgIpc) is 2.47. The lowest BCUT2D eigenvalue weighted by atomic mass is 10.1. The molecule has 1 N–H and O–H groups in total. The molecule has 2 rings (SSSR count). The first-order valence-electron chi connectivity index (χ1n) is 6.65. The second-order valence-corrected chi connectivity index (χ2v) is 4.43. The molecule has 3 heteroatoms. The number of hydrogen-bond acceptors (Lipinski definition) is 3. The Kier molecular flexibility index (Phi) is 4.93. The largest absolute Gasteiger partial charge is 0.494 e. The summed E-state index contributed by atoms with van der Waals surface area (Å²) in [7, 11) is 0. The van der Waals surface area contributed by atoms with Gasteiger partial charge in [0.2, 0.25) is 0 Å². The van der Waals surface area contributed by atoms with E-state index in [4.69, 9.17) is 4.74 Å². The molecule has 0 spiro atoms. The minimum atomic E-state index is 0.267. The molecule has 0 saturated carbocycles. The predicted octanol–water partition coefficient (Wildman–Crippen LogP) is 3.33. The quantitative estimate of drug-likeness (QED) is 0.860. The maximum atomic E-state index is 5.62. The SMILES string of the molecule is CCOc1ccccc1CN[C@@H](C)c1cccnc1. The van der Waals surface area contributed by atoms with Gasteiger partial charge in [0.25, 0.3) is 0 Å². The average molecular weight is 256 g/mol. The Labute approximate surface area is 114 Å². The zero-order valence-electron chi connectivity index (χ0n) is 11.5. The van der Waals surface area contributed by atoms with Crippen molar-refractivity contribution in [1.82, 2.24) is 10.3 Å². The number of benzene rings is 1. The minimum Gasteiger partial charge on any atom is -0.494 e. The molecule has 0 aliphatic rings. The van der Waals surface area contributed by atoms with E-state index in [0.29, 0.717) is 6.61 Å². The number of para-hydroxylation sites is 1. The molecule has 19 heavy (non-hydrogen) atoms. The van der Waals surface area contributed by atoms with Crippen LogP contribution in [0.2, 0.25) is 0 Å². The Bertz CT molecular complexity index is 499. The van der Waals surface area contributed by atoms with Crippen LogP contribution in [-0.4, -0.2) is 11.6 Å². The fraction of sp³-hybridized carbons (Fsp3) is 0.312. The molecule has 1 aromatic heterocycles. The molecule has 2 aromatic rings. The van der Waals surface area contributed by atoms with Gasteiger partial charge in [0, 0.05) is 30.5 Å². The third-order valence-electron chi connectivity index (χ3n) is 3.06. The van der Waals surface area contributed by atoms with Crippen molar-refractivity contribution in [2.75, 3.05) is 6.61 Å². The van der Waals surface area contributed by atoms with E-state index in [2.05, 4.69) is 29.4 Å². The maximum absolute atomic E-state index is 5.62.